The number of nitrogens with zero attached hydrogens (tertiary/aromatic N) is 2. The fourth-order valence-corrected chi connectivity index (χ4v) is 2.22. The van der Waals surface area contributed by atoms with E-state index in [0.29, 0.717) is 12.6 Å². The van der Waals surface area contributed by atoms with Crippen LogP contribution >= 0.6 is 0 Å². The molecule has 0 fully saturated rings. The highest BCUT2D eigenvalue weighted by Crippen LogP contribution is 2.26. The summed E-state index contributed by atoms with van der Waals surface area (Å²) in [5, 5.41) is 0. The fourth-order valence-electron chi connectivity index (χ4n) is 2.22. The second-order valence-corrected chi connectivity index (χ2v) is 5.50. The average Bonchev–Trinajstić information content (AvgIpc) is 2.85. The third kappa shape index (κ3) is 3.20. The molecule has 1 heterocycles. The molecule has 4 heteroatoms. The summed E-state index contributed by atoms with van der Waals surface area (Å²) in [5.74, 6) is 0.849. The number of aryl methyl sites for hydroxylation is 1. The monoisotopic (exact) mass is 273 g/mol. The van der Waals surface area contributed by atoms with Gasteiger partial charge in [0, 0.05) is 17.6 Å². The zero-order chi connectivity index (χ0) is 14.7. The molecular weight excluding hydrogens is 250 g/mol. The molecule has 1 aromatic heterocycles. The van der Waals surface area contributed by atoms with E-state index in [-0.39, 0.29) is 6.04 Å². The predicted octanol–water partition coefficient (Wildman–Crippen LogP) is 3.37. The normalized spacial score (nSPS) is 12.7. The van der Waals surface area contributed by atoms with Gasteiger partial charge < -0.3 is 15.0 Å². The molecule has 2 N–H and O–H groups in total. The molecule has 0 bridgehead atoms. The molecule has 0 saturated carbocycles. The van der Waals surface area contributed by atoms with E-state index in [0.717, 1.165) is 17.0 Å². The van der Waals surface area contributed by atoms with Crippen LogP contribution in [0.5, 0.6) is 5.75 Å². The van der Waals surface area contributed by atoms with Crippen molar-refractivity contribution >= 4 is 0 Å². The topological polar surface area (TPSA) is 53.1 Å². The Labute approximate surface area is 120 Å². The van der Waals surface area contributed by atoms with Crippen LogP contribution in [0.4, 0.5) is 0 Å². The van der Waals surface area contributed by atoms with Gasteiger partial charge in [-0.3, -0.25) is 0 Å². The van der Waals surface area contributed by atoms with Crippen molar-refractivity contribution in [1.82, 2.24) is 9.55 Å². The van der Waals surface area contributed by atoms with Gasteiger partial charge in [0.2, 0.25) is 0 Å². The lowest BCUT2D eigenvalue weighted by atomic mass is 10.1. The first-order chi connectivity index (χ1) is 9.49. The molecule has 0 radical (unpaired) electrons. The third-order valence-corrected chi connectivity index (χ3v) is 3.33. The Hall–Kier alpha value is -1.81. The minimum atomic E-state index is -0.0418. The van der Waals surface area contributed by atoms with Gasteiger partial charge in [0.1, 0.15) is 12.4 Å². The van der Waals surface area contributed by atoms with Gasteiger partial charge in [-0.05, 0) is 33.8 Å². The number of benzene rings is 1. The molecule has 108 valence electrons. The van der Waals surface area contributed by atoms with E-state index in [4.69, 9.17) is 10.5 Å². The van der Waals surface area contributed by atoms with Crippen LogP contribution in [0.2, 0.25) is 0 Å². The second kappa shape index (κ2) is 6.09. The summed E-state index contributed by atoms with van der Waals surface area (Å²) in [4.78, 5) is 4.19. The number of ether oxygens (including phenoxy) is 1. The predicted molar refractivity (Wildman–Crippen MR) is 80.7 cm³/mol. The Balaban J connectivity index is 2.17. The fraction of sp³-hybridized carbons (Fsp3) is 0.438. The van der Waals surface area contributed by atoms with E-state index in [1.165, 1.54) is 5.56 Å². The first-order valence-electron chi connectivity index (χ1n) is 6.98. The minimum absolute atomic E-state index is 0.0418. The van der Waals surface area contributed by atoms with Crippen molar-refractivity contribution in [2.75, 3.05) is 0 Å². The van der Waals surface area contributed by atoms with Crippen molar-refractivity contribution < 1.29 is 4.74 Å². The molecule has 0 aliphatic carbocycles. The van der Waals surface area contributed by atoms with Gasteiger partial charge in [-0.25, -0.2) is 4.98 Å². The van der Waals surface area contributed by atoms with E-state index in [2.05, 4.69) is 36.4 Å². The van der Waals surface area contributed by atoms with Crippen molar-refractivity contribution in [1.29, 1.82) is 0 Å². The van der Waals surface area contributed by atoms with E-state index in [9.17, 15) is 0 Å². The summed E-state index contributed by atoms with van der Waals surface area (Å²) in [5.41, 5.74) is 9.31. The van der Waals surface area contributed by atoms with Crippen molar-refractivity contribution in [3.63, 3.8) is 0 Å². The van der Waals surface area contributed by atoms with E-state index < -0.39 is 0 Å². The van der Waals surface area contributed by atoms with Crippen molar-refractivity contribution in [2.24, 2.45) is 5.73 Å². The molecule has 1 atom stereocenters. The highest BCUT2D eigenvalue weighted by molar-refractivity contribution is 5.38. The van der Waals surface area contributed by atoms with Crippen LogP contribution in [0.15, 0.2) is 30.7 Å². The summed E-state index contributed by atoms with van der Waals surface area (Å²) < 4.78 is 8.06. The summed E-state index contributed by atoms with van der Waals surface area (Å²) in [6.07, 6.45) is 3.69. The molecule has 1 aromatic carbocycles. The lowest BCUT2D eigenvalue weighted by molar-refractivity contribution is 0.288. The maximum atomic E-state index is 6.01. The highest BCUT2D eigenvalue weighted by atomic mass is 16.5. The molecule has 0 aliphatic rings. The molecule has 0 unspecified atom stereocenters. The van der Waals surface area contributed by atoms with Gasteiger partial charge in [0.25, 0.3) is 0 Å². The first-order valence-corrected chi connectivity index (χ1v) is 6.98. The van der Waals surface area contributed by atoms with E-state index >= 15 is 0 Å². The molecule has 2 aromatic rings. The zero-order valence-corrected chi connectivity index (χ0v) is 12.6. The molecule has 0 saturated heterocycles. The van der Waals surface area contributed by atoms with Gasteiger partial charge in [0.05, 0.1) is 18.2 Å². The summed E-state index contributed by atoms with van der Waals surface area (Å²) >= 11 is 0. The molecule has 0 amide bonds. The number of imidazole rings is 1. The second-order valence-electron chi connectivity index (χ2n) is 5.50. The molecule has 20 heavy (non-hydrogen) atoms. The maximum absolute atomic E-state index is 6.01. The van der Waals surface area contributed by atoms with Crippen molar-refractivity contribution in [2.45, 2.75) is 46.4 Å². The lowest BCUT2D eigenvalue weighted by Crippen LogP contribution is -2.10. The van der Waals surface area contributed by atoms with Crippen LogP contribution in [0.1, 0.15) is 49.7 Å². The zero-order valence-electron chi connectivity index (χ0n) is 12.6. The molecule has 0 spiro atoms. The standard InChI is InChI=1S/C16H23N3O/c1-11(2)19-10-18-8-14(19)9-20-16-6-5-12(3)7-15(16)13(4)17/h5-8,10-11,13H,9,17H2,1-4H3/t13-/m0/s1. The van der Waals surface area contributed by atoms with Crippen molar-refractivity contribution in [3.8, 4) is 5.75 Å². The molecule has 0 aliphatic heterocycles. The number of hydrogen-bond acceptors (Lipinski definition) is 3. The van der Waals surface area contributed by atoms with Gasteiger partial charge in [-0.15, -0.1) is 0 Å². The van der Waals surface area contributed by atoms with Crippen molar-refractivity contribution in [3.05, 3.63) is 47.5 Å². The largest absolute Gasteiger partial charge is 0.487 e. The minimum Gasteiger partial charge on any atom is -0.487 e. The van der Waals surface area contributed by atoms with Gasteiger partial charge >= 0.3 is 0 Å². The van der Waals surface area contributed by atoms with Gasteiger partial charge in [-0.1, -0.05) is 17.7 Å². The van der Waals surface area contributed by atoms with Gasteiger partial charge in [0.15, 0.2) is 0 Å². The highest BCUT2D eigenvalue weighted by Gasteiger charge is 2.11. The quantitative estimate of drug-likeness (QED) is 0.908. The Morgan fingerprint density at radius 2 is 2.05 bits per heavy atom. The lowest BCUT2D eigenvalue weighted by Gasteiger charge is -2.16. The third-order valence-electron chi connectivity index (χ3n) is 3.33. The molecule has 2 rings (SSSR count). The smallest absolute Gasteiger partial charge is 0.130 e. The van der Waals surface area contributed by atoms with Crippen LogP contribution in [-0.4, -0.2) is 9.55 Å². The van der Waals surface area contributed by atoms with Crippen LogP contribution in [0, 0.1) is 6.92 Å². The maximum Gasteiger partial charge on any atom is 0.130 e. The van der Waals surface area contributed by atoms with Crippen LogP contribution < -0.4 is 10.5 Å². The molecule has 4 nitrogen and oxygen atoms in total. The Bertz CT molecular complexity index is 573. The Morgan fingerprint density at radius 1 is 1.30 bits per heavy atom. The number of aromatic nitrogens is 2. The summed E-state index contributed by atoms with van der Waals surface area (Å²) in [6, 6.07) is 6.45. The number of hydrogen-bond donors (Lipinski definition) is 1. The molecular formula is C16H23N3O. The number of rotatable bonds is 5. The Morgan fingerprint density at radius 3 is 2.70 bits per heavy atom. The van der Waals surface area contributed by atoms with Gasteiger partial charge in [-0.2, -0.15) is 0 Å². The van der Waals surface area contributed by atoms with Crippen LogP contribution in [0.3, 0.4) is 0 Å². The average molecular weight is 273 g/mol. The van der Waals surface area contributed by atoms with Crippen LogP contribution in [-0.2, 0) is 6.61 Å². The first kappa shape index (κ1) is 14.6. The Kier molecular flexibility index (Phi) is 4.45. The van der Waals surface area contributed by atoms with E-state index in [1.54, 1.807) is 0 Å². The van der Waals surface area contributed by atoms with E-state index in [1.807, 2.05) is 31.6 Å². The SMILES string of the molecule is Cc1ccc(OCc2cncn2C(C)C)c([C@H](C)N)c1. The van der Waals surface area contributed by atoms with Crippen LogP contribution in [0.25, 0.3) is 0 Å². The number of nitrogens with two attached hydrogens (primary N) is 1. The summed E-state index contributed by atoms with van der Waals surface area (Å²) in [7, 11) is 0. The summed E-state index contributed by atoms with van der Waals surface area (Å²) in [6.45, 7) is 8.79.